The van der Waals surface area contributed by atoms with Gasteiger partial charge in [-0.05, 0) is 36.2 Å². The summed E-state index contributed by atoms with van der Waals surface area (Å²) in [5.41, 5.74) is 1.90. The minimum absolute atomic E-state index is 0.0799. The summed E-state index contributed by atoms with van der Waals surface area (Å²) in [4.78, 5) is 8.46. The van der Waals surface area contributed by atoms with Gasteiger partial charge in [-0.2, -0.15) is 0 Å². The van der Waals surface area contributed by atoms with Gasteiger partial charge in [0, 0.05) is 36.2 Å². The molecule has 1 aromatic carbocycles. The van der Waals surface area contributed by atoms with Crippen molar-refractivity contribution >= 4 is 11.6 Å². The molecule has 1 unspecified atom stereocenters. The monoisotopic (exact) mass is 342 g/mol. The predicted molar refractivity (Wildman–Crippen MR) is 94.2 cm³/mol. The molecule has 6 heteroatoms. The quantitative estimate of drug-likeness (QED) is 0.721. The number of imidazole rings is 1. The normalized spacial score (nSPS) is 13.6. The summed E-state index contributed by atoms with van der Waals surface area (Å²) >= 11 is 5.86. The number of aliphatic hydroxyl groups excluding tert-OH is 1. The Bertz CT molecular complexity index is 757. The van der Waals surface area contributed by atoms with Crippen LogP contribution < -0.4 is 5.32 Å². The van der Waals surface area contributed by atoms with Crippen LogP contribution in [0.4, 0.5) is 0 Å². The number of hydrogen-bond donors (Lipinski definition) is 2. The molecule has 5 nitrogen and oxygen atoms in total. The van der Waals surface area contributed by atoms with Gasteiger partial charge in [-0.25, -0.2) is 9.97 Å². The van der Waals surface area contributed by atoms with Crippen molar-refractivity contribution in [2.75, 3.05) is 6.54 Å². The molecule has 0 saturated heterocycles. The zero-order valence-corrected chi connectivity index (χ0v) is 14.1. The molecule has 0 fully saturated rings. The van der Waals surface area contributed by atoms with E-state index in [4.69, 9.17) is 11.6 Å². The molecule has 3 aromatic rings. The molecule has 0 aliphatic carbocycles. The average Bonchev–Trinajstić information content (AvgIpc) is 3.15. The summed E-state index contributed by atoms with van der Waals surface area (Å²) < 4.78 is 1.85. The fraction of sp³-hybridized carbons (Fsp3) is 0.222. The van der Waals surface area contributed by atoms with Gasteiger partial charge in [0.2, 0.25) is 0 Å². The lowest BCUT2D eigenvalue weighted by atomic mass is 10.1. The maximum Gasteiger partial charge on any atom is 0.137 e. The highest BCUT2D eigenvalue weighted by Gasteiger charge is 2.11. The third-order valence-corrected chi connectivity index (χ3v) is 4.16. The second kappa shape index (κ2) is 7.57. The molecule has 0 bridgehead atoms. The van der Waals surface area contributed by atoms with Gasteiger partial charge in [-0.3, -0.25) is 4.57 Å². The van der Waals surface area contributed by atoms with Gasteiger partial charge < -0.3 is 10.4 Å². The minimum Gasteiger partial charge on any atom is -0.387 e. The van der Waals surface area contributed by atoms with Gasteiger partial charge in [0.25, 0.3) is 0 Å². The Kier molecular flexibility index (Phi) is 5.25. The molecule has 3 rings (SSSR count). The molecule has 2 N–H and O–H groups in total. The molecular weight excluding hydrogens is 324 g/mol. The lowest BCUT2D eigenvalue weighted by molar-refractivity contribution is 0.171. The molecule has 2 heterocycles. The first-order chi connectivity index (χ1) is 11.6. The number of hydrogen-bond acceptors (Lipinski definition) is 4. The van der Waals surface area contributed by atoms with E-state index >= 15 is 0 Å². The van der Waals surface area contributed by atoms with Crippen molar-refractivity contribution in [3.63, 3.8) is 0 Å². The van der Waals surface area contributed by atoms with Crippen molar-refractivity contribution in [3.8, 4) is 5.82 Å². The van der Waals surface area contributed by atoms with Crippen LogP contribution in [0.25, 0.3) is 5.82 Å². The van der Waals surface area contributed by atoms with Crippen LogP contribution in [-0.4, -0.2) is 26.2 Å². The maximum absolute atomic E-state index is 10.2. The maximum atomic E-state index is 10.2. The molecule has 0 aliphatic heterocycles. The van der Waals surface area contributed by atoms with Crippen LogP contribution in [-0.2, 0) is 0 Å². The molecule has 2 atom stereocenters. The Morgan fingerprint density at radius 1 is 1.17 bits per heavy atom. The van der Waals surface area contributed by atoms with Gasteiger partial charge in [-0.15, -0.1) is 0 Å². The van der Waals surface area contributed by atoms with Crippen molar-refractivity contribution in [1.82, 2.24) is 19.9 Å². The smallest absolute Gasteiger partial charge is 0.137 e. The lowest BCUT2D eigenvalue weighted by Gasteiger charge is -2.18. The standard InChI is InChI=1S/C18H19ClN4O/c1-13(21-11-17(24)14-2-5-16(19)6-3-14)15-4-7-18(22-10-15)23-9-8-20-12-23/h2-10,12-13,17,21,24H,11H2,1H3/t13?,17-/m0/s1. The van der Waals surface area contributed by atoms with E-state index in [0.717, 1.165) is 16.9 Å². The van der Waals surface area contributed by atoms with Gasteiger partial charge in [0.15, 0.2) is 0 Å². The van der Waals surface area contributed by atoms with E-state index in [9.17, 15) is 5.11 Å². The molecule has 0 aliphatic rings. The van der Waals surface area contributed by atoms with Crippen LogP contribution in [0.5, 0.6) is 0 Å². The van der Waals surface area contributed by atoms with Crippen LogP contribution in [0.15, 0.2) is 61.3 Å². The lowest BCUT2D eigenvalue weighted by Crippen LogP contribution is -2.24. The van der Waals surface area contributed by atoms with E-state index in [1.54, 1.807) is 24.7 Å². The molecule has 0 amide bonds. The number of pyridine rings is 1. The summed E-state index contributed by atoms with van der Waals surface area (Å²) in [5, 5.41) is 14.2. The number of halogens is 1. The van der Waals surface area contributed by atoms with E-state index < -0.39 is 6.10 Å². The number of aromatic nitrogens is 3. The highest BCUT2D eigenvalue weighted by atomic mass is 35.5. The number of nitrogens with one attached hydrogen (secondary N) is 1. The second-order valence-electron chi connectivity index (χ2n) is 5.62. The minimum atomic E-state index is -0.581. The highest BCUT2D eigenvalue weighted by Crippen LogP contribution is 2.18. The molecule has 0 spiro atoms. The Morgan fingerprint density at radius 3 is 2.54 bits per heavy atom. The molecule has 124 valence electrons. The SMILES string of the molecule is CC(NC[C@H](O)c1ccc(Cl)cc1)c1ccc(-n2ccnc2)nc1. The van der Waals surface area contributed by atoms with Crippen LogP contribution >= 0.6 is 11.6 Å². The fourth-order valence-corrected chi connectivity index (χ4v) is 2.54. The van der Waals surface area contributed by atoms with E-state index in [0.29, 0.717) is 11.6 Å². The van der Waals surface area contributed by atoms with Crippen LogP contribution in [0.2, 0.25) is 5.02 Å². The second-order valence-corrected chi connectivity index (χ2v) is 6.05. The number of nitrogens with zero attached hydrogens (tertiary/aromatic N) is 3. The van der Waals surface area contributed by atoms with Crippen molar-refractivity contribution < 1.29 is 5.11 Å². The Hall–Kier alpha value is -2.21. The third kappa shape index (κ3) is 4.00. The zero-order chi connectivity index (χ0) is 16.9. The van der Waals surface area contributed by atoms with Gasteiger partial charge >= 0.3 is 0 Å². The highest BCUT2D eigenvalue weighted by molar-refractivity contribution is 6.30. The molecule has 2 aromatic heterocycles. The molecule has 24 heavy (non-hydrogen) atoms. The van der Waals surface area contributed by atoms with Crippen molar-refractivity contribution in [1.29, 1.82) is 0 Å². The summed E-state index contributed by atoms with van der Waals surface area (Å²) in [6.45, 7) is 2.49. The van der Waals surface area contributed by atoms with E-state index in [1.165, 1.54) is 0 Å². The molecule has 0 radical (unpaired) electrons. The van der Waals surface area contributed by atoms with E-state index in [-0.39, 0.29) is 6.04 Å². The summed E-state index contributed by atoms with van der Waals surface area (Å²) in [6, 6.07) is 11.3. The number of rotatable bonds is 6. The van der Waals surface area contributed by atoms with Crippen LogP contribution in [0, 0.1) is 0 Å². The first-order valence-electron chi connectivity index (χ1n) is 7.74. The van der Waals surface area contributed by atoms with E-state index in [1.807, 2.05) is 48.1 Å². The zero-order valence-electron chi connectivity index (χ0n) is 13.3. The summed E-state index contributed by atoms with van der Waals surface area (Å²) in [5.74, 6) is 0.824. The fourth-order valence-electron chi connectivity index (χ4n) is 2.41. The first kappa shape index (κ1) is 16.6. The van der Waals surface area contributed by atoms with Crippen molar-refractivity contribution in [2.45, 2.75) is 19.1 Å². The molecular formula is C18H19ClN4O. The molecule has 0 saturated carbocycles. The average molecular weight is 343 g/mol. The Labute approximate surface area is 146 Å². The van der Waals surface area contributed by atoms with Crippen molar-refractivity contribution in [2.24, 2.45) is 0 Å². The van der Waals surface area contributed by atoms with Crippen LogP contribution in [0.1, 0.15) is 30.2 Å². The summed E-state index contributed by atoms with van der Waals surface area (Å²) in [6.07, 6.45) is 6.54. The Morgan fingerprint density at radius 2 is 1.92 bits per heavy atom. The largest absolute Gasteiger partial charge is 0.387 e. The first-order valence-corrected chi connectivity index (χ1v) is 8.12. The van der Waals surface area contributed by atoms with Crippen molar-refractivity contribution in [3.05, 3.63) is 77.5 Å². The third-order valence-electron chi connectivity index (χ3n) is 3.91. The van der Waals surface area contributed by atoms with Gasteiger partial charge in [-0.1, -0.05) is 29.8 Å². The Balaban J connectivity index is 1.58. The topological polar surface area (TPSA) is 63.0 Å². The summed E-state index contributed by atoms with van der Waals surface area (Å²) in [7, 11) is 0. The van der Waals surface area contributed by atoms with Crippen LogP contribution in [0.3, 0.4) is 0 Å². The van der Waals surface area contributed by atoms with E-state index in [2.05, 4.69) is 15.3 Å². The predicted octanol–water partition coefficient (Wildman–Crippen LogP) is 3.30. The number of benzene rings is 1. The van der Waals surface area contributed by atoms with Gasteiger partial charge in [0.1, 0.15) is 12.1 Å². The number of aliphatic hydroxyl groups is 1. The van der Waals surface area contributed by atoms with Gasteiger partial charge in [0.05, 0.1) is 6.10 Å².